The number of carbonyl (C=O) groups excluding carboxylic acids is 1. The van der Waals surface area contributed by atoms with Gasteiger partial charge in [-0.15, -0.1) is 5.10 Å². The Hall–Kier alpha value is -2.84. The van der Waals surface area contributed by atoms with E-state index in [-0.39, 0.29) is 17.8 Å². The lowest BCUT2D eigenvalue weighted by Crippen LogP contribution is -2.27. The lowest BCUT2D eigenvalue weighted by molar-refractivity contribution is -0.121. The van der Waals surface area contributed by atoms with Crippen LogP contribution in [0, 0.1) is 25.5 Å². The Kier molecular flexibility index (Phi) is 4.73. The largest absolute Gasteiger partial charge is 0.356 e. The molecule has 0 saturated heterocycles. The Morgan fingerprint density at radius 2 is 2.12 bits per heavy atom. The molecule has 1 aromatic carbocycles. The van der Waals surface area contributed by atoms with E-state index in [0.29, 0.717) is 30.7 Å². The number of carbonyl (C=O) groups is 1. The molecule has 0 aliphatic rings. The number of hydrogen-bond donors (Lipinski definition) is 2. The molecule has 9 heteroatoms. The first-order chi connectivity index (χ1) is 12.0. The molecule has 2 aromatic heterocycles. The van der Waals surface area contributed by atoms with Crippen molar-refractivity contribution >= 4 is 16.8 Å². The fourth-order valence-electron chi connectivity index (χ4n) is 2.80. The van der Waals surface area contributed by atoms with Crippen LogP contribution in [0.25, 0.3) is 10.9 Å². The van der Waals surface area contributed by atoms with Crippen molar-refractivity contribution in [2.75, 3.05) is 6.54 Å². The lowest BCUT2D eigenvalue weighted by Gasteiger charge is -2.06. The van der Waals surface area contributed by atoms with Crippen molar-refractivity contribution in [3.63, 3.8) is 0 Å². The number of halogens is 2. The van der Waals surface area contributed by atoms with Gasteiger partial charge >= 0.3 is 0 Å². The van der Waals surface area contributed by atoms with E-state index in [9.17, 15) is 13.6 Å². The van der Waals surface area contributed by atoms with Crippen LogP contribution in [0.2, 0.25) is 0 Å². The third-order valence-electron chi connectivity index (χ3n) is 4.10. The first-order valence-corrected chi connectivity index (χ1v) is 7.91. The highest BCUT2D eigenvalue weighted by Gasteiger charge is 2.14. The number of rotatable bonds is 6. The summed E-state index contributed by atoms with van der Waals surface area (Å²) in [5, 5.41) is 14.3. The molecule has 3 rings (SSSR count). The predicted molar refractivity (Wildman–Crippen MR) is 86.8 cm³/mol. The maximum absolute atomic E-state index is 13.8. The number of hydrogen-bond acceptors (Lipinski definition) is 4. The van der Waals surface area contributed by atoms with E-state index < -0.39 is 11.6 Å². The first-order valence-electron chi connectivity index (χ1n) is 7.91. The molecule has 1 amide bonds. The van der Waals surface area contributed by atoms with Gasteiger partial charge in [-0.25, -0.2) is 13.5 Å². The molecule has 0 spiro atoms. The summed E-state index contributed by atoms with van der Waals surface area (Å²) in [6.45, 7) is 4.33. The van der Waals surface area contributed by atoms with Gasteiger partial charge in [0.05, 0.1) is 12.1 Å². The Balaban J connectivity index is 1.59. The second-order valence-corrected chi connectivity index (χ2v) is 5.84. The van der Waals surface area contributed by atoms with Crippen molar-refractivity contribution in [2.24, 2.45) is 0 Å². The van der Waals surface area contributed by atoms with Crippen LogP contribution in [0.3, 0.4) is 0 Å². The van der Waals surface area contributed by atoms with Gasteiger partial charge in [-0.05, 0) is 42.3 Å². The highest BCUT2D eigenvalue weighted by Crippen LogP contribution is 2.25. The Bertz CT molecular complexity index is 917. The number of benzene rings is 1. The number of nitrogens with zero attached hydrogens (tertiary/aromatic N) is 4. The predicted octanol–water partition coefficient (Wildman–Crippen LogP) is 1.80. The SMILES string of the molecule is Cc1[nH]c2c(F)cc(F)cc2c1CCNC(=O)CCn1nnnc1C. The van der Waals surface area contributed by atoms with E-state index in [1.54, 1.807) is 18.5 Å². The third-order valence-corrected chi connectivity index (χ3v) is 4.10. The van der Waals surface area contributed by atoms with Crippen LogP contribution < -0.4 is 5.32 Å². The van der Waals surface area contributed by atoms with Crippen molar-refractivity contribution in [3.8, 4) is 0 Å². The summed E-state index contributed by atoms with van der Waals surface area (Å²) in [6, 6.07) is 2.16. The maximum atomic E-state index is 13.8. The van der Waals surface area contributed by atoms with Gasteiger partial charge in [0.2, 0.25) is 5.91 Å². The van der Waals surface area contributed by atoms with Crippen LogP contribution in [-0.2, 0) is 17.8 Å². The maximum Gasteiger partial charge on any atom is 0.221 e. The summed E-state index contributed by atoms with van der Waals surface area (Å²) in [5.74, 6) is -0.729. The van der Waals surface area contributed by atoms with E-state index in [1.807, 2.05) is 0 Å². The quantitative estimate of drug-likeness (QED) is 0.711. The molecule has 0 radical (unpaired) electrons. The monoisotopic (exact) mass is 348 g/mol. The molecule has 0 bridgehead atoms. The lowest BCUT2D eigenvalue weighted by atomic mass is 10.1. The summed E-state index contributed by atoms with van der Waals surface area (Å²) in [5.41, 5.74) is 1.84. The van der Waals surface area contributed by atoms with Crippen molar-refractivity contribution in [1.29, 1.82) is 0 Å². The average molecular weight is 348 g/mol. The second-order valence-electron chi connectivity index (χ2n) is 5.84. The molecular formula is C16H18F2N6O. The highest BCUT2D eigenvalue weighted by molar-refractivity contribution is 5.85. The van der Waals surface area contributed by atoms with E-state index in [1.165, 1.54) is 6.07 Å². The van der Waals surface area contributed by atoms with E-state index in [2.05, 4.69) is 25.8 Å². The molecule has 2 heterocycles. The second kappa shape index (κ2) is 6.96. The van der Waals surface area contributed by atoms with Crippen LogP contribution in [0.15, 0.2) is 12.1 Å². The van der Waals surface area contributed by atoms with E-state index in [0.717, 1.165) is 17.3 Å². The van der Waals surface area contributed by atoms with Crippen LogP contribution in [0.4, 0.5) is 8.78 Å². The van der Waals surface area contributed by atoms with Crippen molar-refractivity contribution in [1.82, 2.24) is 30.5 Å². The number of tetrazole rings is 1. The van der Waals surface area contributed by atoms with Gasteiger partial charge in [-0.3, -0.25) is 4.79 Å². The molecule has 0 aliphatic carbocycles. The van der Waals surface area contributed by atoms with Gasteiger partial charge in [0.15, 0.2) is 0 Å². The fraction of sp³-hybridized carbons (Fsp3) is 0.375. The zero-order chi connectivity index (χ0) is 18.0. The molecule has 2 N–H and O–H groups in total. The summed E-state index contributed by atoms with van der Waals surface area (Å²) in [6.07, 6.45) is 0.729. The molecule has 0 fully saturated rings. The summed E-state index contributed by atoms with van der Waals surface area (Å²) in [4.78, 5) is 14.8. The molecule has 0 atom stereocenters. The molecule has 132 valence electrons. The topological polar surface area (TPSA) is 88.5 Å². The van der Waals surface area contributed by atoms with E-state index >= 15 is 0 Å². The smallest absolute Gasteiger partial charge is 0.221 e. The molecular weight excluding hydrogens is 330 g/mol. The number of H-pyrrole nitrogens is 1. The van der Waals surface area contributed by atoms with Gasteiger partial charge < -0.3 is 10.3 Å². The van der Waals surface area contributed by atoms with Gasteiger partial charge in [0.25, 0.3) is 0 Å². The van der Waals surface area contributed by atoms with Crippen LogP contribution in [-0.4, -0.2) is 37.6 Å². The highest BCUT2D eigenvalue weighted by atomic mass is 19.1. The minimum Gasteiger partial charge on any atom is -0.356 e. The first kappa shape index (κ1) is 17.0. The number of aromatic nitrogens is 5. The molecule has 3 aromatic rings. The zero-order valence-corrected chi connectivity index (χ0v) is 13.9. The normalized spacial score (nSPS) is 11.2. The minimum absolute atomic E-state index is 0.134. The molecule has 0 unspecified atom stereocenters. The number of nitrogens with one attached hydrogen (secondary N) is 2. The van der Waals surface area contributed by atoms with E-state index in [4.69, 9.17) is 0 Å². The minimum atomic E-state index is -0.620. The van der Waals surface area contributed by atoms with Crippen molar-refractivity contribution in [3.05, 3.63) is 40.8 Å². The van der Waals surface area contributed by atoms with Gasteiger partial charge in [-0.2, -0.15) is 0 Å². The Labute approximate surface area is 142 Å². The van der Waals surface area contributed by atoms with Gasteiger partial charge in [0, 0.05) is 30.1 Å². The van der Waals surface area contributed by atoms with Crippen molar-refractivity contribution < 1.29 is 13.6 Å². The number of aromatic amines is 1. The van der Waals surface area contributed by atoms with Crippen LogP contribution in [0.1, 0.15) is 23.5 Å². The summed E-state index contributed by atoms with van der Waals surface area (Å²) >= 11 is 0. The van der Waals surface area contributed by atoms with Crippen molar-refractivity contribution in [2.45, 2.75) is 33.2 Å². The molecule has 0 aliphatic heterocycles. The van der Waals surface area contributed by atoms with Crippen LogP contribution in [0.5, 0.6) is 0 Å². The zero-order valence-electron chi connectivity index (χ0n) is 13.9. The van der Waals surface area contributed by atoms with Gasteiger partial charge in [0.1, 0.15) is 17.5 Å². The Morgan fingerprint density at radius 3 is 2.84 bits per heavy atom. The standard InChI is InChI=1S/C16H18F2N6O/c1-9-12(13-7-11(17)8-14(18)16(13)20-9)3-5-19-15(25)4-6-24-10(2)21-22-23-24/h7-8,20H,3-6H2,1-2H3,(H,19,25). The third kappa shape index (κ3) is 3.65. The number of aryl methyl sites for hydroxylation is 3. The summed E-state index contributed by atoms with van der Waals surface area (Å²) < 4.78 is 28.8. The average Bonchev–Trinajstić information content (AvgIpc) is 3.10. The molecule has 0 saturated carbocycles. The molecule has 7 nitrogen and oxygen atoms in total. The number of fused-ring (bicyclic) bond motifs is 1. The van der Waals surface area contributed by atoms with Crippen LogP contribution >= 0.6 is 0 Å². The summed E-state index contributed by atoms with van der Waals surface area (Å²) in [7, 11) is 0. The fourth-order valence-corrected chi connectivity index (χ4v) is 2.80. The number of amides is 1. The van der Waals surface area contributed by atoms with Gasteiger partial charge in [-0.1, -0.05) is 0 Å². The Morgan fingerprint density at radius 1 is 1.32 bits per heavy atom. The molecule has 25 heavy (non-hydrogen) atoms.